The summed E-state index contributed by atoms with van der Waals surface area (Å²) in [7, 11) is 3.68. The minimum atomic E-state index is -0.0956. The molecule has 4 rings (SSSR count). The highest BCUT2D eigenvalue weighted by Gasteiger charge is 2.26. The lowest BCUT2D eigenvalue weighted by atomic mass is 10.1. The molecule has 5 nitrogen and oxygen atoms in total. The van der Waals surface area contributed by atoms with Crippen molar-refractivity contribution in [3.63, 3.8) is 0 Å². The van der Waals surface area contributed by atoms with Crippen LogP contribution in [0.5, 0.6) is 11.5 Å². The van der Waals surface area contributed by atoms with Crippen molar-refractivity contribution in [1.29, 1.82) is 0 Å². The molecule has 0 N–H and O–H groups in total. The molecule has 0 fully saturated rings. The zero-order chi connectivity index (χ0) is 18.8. The Bertz CT molecular complexity index is 935. The fourth-order valence-electron chi connectivity index (χ4n) is 3.74. The van der Waals surface area contributed by atoms with E-state index in [1.165, 1.54) is 11.1 Å². The van der Waals surface area contributed by atoms with Gasteiger partial charge in [-0.2, -0.15) is 5.10 Å². The second-order valence-electron chi connectivity index (χ2n) is 7.04. The molecule has 5 heteroatoms. The Balaban J connectivity index is 1.69. The predicted octanol–water partition coefficient (Wildman–Crippen LogP) is 3.87. The van der Waals surface area contributed by atoms with E-state index in [-0.39, 0.29) is 6.10 Å². The summed E-state index contributed by atoms with van der Waals surface area (Å²) < 4.78 is 13.9. The van der Waals surface area contributed by atoms with Crippen molar-refractivity contribution < 1.29 is 9.47 Å². The number of aryl methyl sites for hydroxylation is 2. The maximum Gasteiger partial charge on any atom is 0.140 e. The molecule has 27 heavy (non-hydrogen) atoms. The average Bonchev–Trinajstić information content (AvgIpc) is 2.88. The highest BCUT2D eigenvalue weighted by atomic mass is 16.5. The number of methoxy groups -OCH3 is 1. The van der Waals surface area contributed by atoms with Gasteiger partial charge in [0, 0.05) is 49.6 Å². The van der Waals surface area contributed by atoms with Crippen molar-refractivity contribution in [2.24, 2.45) is 7.05 Å². The topological polar surface area (TPSA) is 39.5 Å². The molecule has 0 saturated heterocycles. The summed E-state index contributed by atoms with van der Waals surface area (Å²) in [5.41, 5.74) is 4.60. The Morgan fingerprint density at radius 1 is 1.15 bits per heavy atom. The summed E-state index contributed by atoms with van der Waals surface area (Å²) in [6, 6.07) is 16.4. The Labute approximate surface area is 160 Å². The number of rotatable bonds is 4. The number of para-hydroxylation sites is 2. The second kappa shape index (κ2) is 7.45. The first-order chi connectivity index (χ1) is 13.1. The third kappa shape index (κ3) is 3.69. The van der Waals surface area contributed by atoms with Crippen LogP contribution < -0.4 is 9.47 Å². The number of aromatic nitrogens is 2. The van der Waals surface area contributed by atoms with Crippen molar-refractivity contribution in [3.05, 3.63) is 77.1 Å². The molecule has 1 aliphatic heterocycles. The number of fused-ring (bicyclic) bond motifs is 1. The highest BCUT2D eigenvalue weighted by Crippen LogP contribution is 2.35. The number of ether oxygens (including phenoxy) is 2. The van der Waals surface area contributed by atoms with Gasteiger partial charge >= 0.3 is 0 Å². The zero-order valence-electron chi connectivity index (χ0n) is 16.1. The number of hydrogen-bond acceptors (Lipinski definition) is 4. The summed E-state index contributed by atoms with van der Waals surface area (Å²) in [5, 5.41) is 4.49. The van der Waals surface area contributed by atoms with Crippen LogP contribution >= 0.6 is 0 Å². The highest BCUT2D eigenvalue weighted by molar-refractivity contribution is 5.39. The minimum Gasteiger partial charge on any atom is -0.496 e. The minimum absolute atomic E-state index is 0.0956. The molecule has 0 aliphatic carbocycles. The molecule has 3 aromatic rings. The normalized spacial score (nSPS) is 17.1. The maximum absolute atomic E-state index is 6.45. The summed E-state index contributed by atoms with van der Waals surface area (Å²) in [6.07, 6.45) is 2.01. The molecular weight excluding hydrogens is 338 g/mol. The van der Waals surface area contributed by atoms with Crippen molar-refractivity contribution in [3.8, 4) is 11.5 Å². The number of nitrogens with zero attached hydrogens (tertiary/aromatic N) is 3. The third-order valence-corrected chi connectivity index (χ3v) is 5.05. The van der Waals surface area contributed by atoms with E-state index in [9.17, 15) is 0 Å². The molecule has 2 heterocycles. The van der Waals surface area contributed by atoms with E-state index in [4.69, 9.17) is 9.47 Å². The molecule has 1 atom stereocenters. The first-order valence-corrected chi connectivity index (χ1v) is 9.23. The van der Waals surface area contributed by atoms with Crippen molar-refractivity contribution in [1.82, 2.24) is 14.7 Å². The molecule has 1 unspecified atom stereocenters. The number of benzene rings is 2. The van der Waals surface area contributed by atoms with Crippen molar-refractivity contribution in [2.75, 3.05) is 13.7 Å². The molecule has 1 aliphatic rings. The van der Waals surface area contributed by atoms with Crippen LogP contribution in [0.2, 0.25) is 0 Å². The van der Waals surface area contributed by atoms with Crippen LogP contribution in [-0.2, 0) is 20.1 Å². The van der Waals surface area contributed by atoms with Gasteiger partial charge in [-0.1, -0.05) is 36.4 Å². The van der Waals surface area contributed by atoms with E-state index < -0.39 is 0 Å². The smallest absolute Gasteiger partial charge is 0.140 e. The van der Waals surface area contributed by atoms with E-state index in [0.29, 0.717) is 0 Å². The molecule has 1 aromatic heterocycles. The average molecular weight is 363 g/mol. The molecular formula is C22H25N3O2. The van der Waals surface area contributed by atoms with Crippen molar-refractivity contribution in [2.45, 2.75) is 26.1 Å². The largest absolute Gasteiger partial charge is 0.496 e. The van der Waals surface area contributed by atoms with Crippen LogP contribution in [-0.4, -0.2) is 28.3 Å². The Hall–Kier alpha value is -2.79. The lowest BCUT2D eigenvalue weighted by Crippen LogP contribution is -2.28. The maximum atomic E-state index is 6.45. The van der Waals surface area contributed by atoms with E-state index in [1.807, 2.05) is 36.0 Å². The predicted molar refractivity (Wildman–Crippen MR) is 105 cm³/mol. The monoisotopic (exact) mass is 363 g/mol. The van der Waals surface area contributed by atoms with Crippen LogP contribution in [0.1, 0.15) is 28.5 Å². The standard InChI is InChI=1S/C22H25N3O2/c1-16-18(12-24(2)23-16)14-25-13-17-8-4-6-10-20(17)27-22(15-25)19-9-5-7-11-21(19)26-3/h4-12,22H,13-15H2,1-3H3. The Kier molecular flexibility index (Phi) is 4.86. The first-order valence-electron chi connectivity index (χ1n) is 9.23. The fraction of sp³-hybridized carbons (Fsp3) is 0.318. The van der Waals surface area contributed by atoms with E-state index >= 15 is 0 Å². The molecule has 0 amide bonds. The van der Waals surface area contributed by atoms with Gasteiger partial charge in [-0.05, 0) is 19.1 Å². The lowest BCUT2D eigenvalue weighted by molar-refractivity contribution is 0.141. The molecule has 0 bridgehead atoms. The fourth-order valence-corrected chi connectivity index (χ4v) is 3.74. The van der Waals surface area contributed by atoms with Gasteiger partial charge in [0.05, 0.1) is 12.8 Å². The van der Waals surface area contributed by atoms with Crippen LogP contribution in [0.15, 0.2) is 54.7 Å². The van der Waals surface area contributed by atoms with Crippen LogP contribution in [0.3, 0.4) is 0 Å². The zero-order valence-corrected chi connectivity index (χ0v) is 16.1. The van der Waals surface area contributed by atoms with Crippen molar-refractivity contribution >= 4 is 0 Å². The molecule has 140 valence electrons. The summed E-state index contributed by atoms with van der Waals surface area (Å²) in [6.45, 7) is 4.53. The van der Waals surface area contributed by atoms with Gasteiger partial charge in [-0.3, -0.25) is 9.58 Å². The van der Waals surface area contributed by atoms with Gasteiger partial charge in [0.1, 0.15) is 17.6 Å². The van der Waals surface area contributed by atoms with Gasteiger partial charge in [-0.15, -0.1) is 0 Å². The SMILES string of the molecule is COc1ccccc1C1CN(Cc2cn(C)nc2C)Cc2ccccc2O1. The van der Waals surface area contributed by atoms with Crippen LogP contribution in [0.4, 0.5) is 0 Å². The summed E-state index contributed by atoms with van der Waals surface area (Å²) in [5.74, 6) is 1.80. The molecule has 2 aromatic carbocycles. The molecule has 0 spiro atoms. The van der Waals surface area contributed by atoms with E-state index in [1.54, 1.807) is 7.11 Å². The first kappa shape index (κ1) is 17.6. The second-order valence-corrected chi connectivity index (χ2v) is 7.04. The molecule has 0 radical (unpaired) electrons. The lowest BCUT2D eigenvalue weighted by Gasteiger charge is -2.25. The molecule has 0 saturated carbocycles. The van der Waals surface area contributed by atoms with Gasteiger partial charge in [-0.25, -0.2) is 0 Å². The van der Waals surface area contributed by atoms with Gasteiger partial charge in [0.2, 0.25) is 0 Å². The van der Waals surface area contributed by atoms with Crippen LogP contribution in [0, 0.1) is 6.92 Å². The third-order valence-electron chi connectivity index (χ3n) is 5.05. The van der Waals surface area contributed by atoms with E-state index in [0.717, 1.165) is 42.4 Å². The Morgan fingerprint density at radius 3 is 2.70 bits per heavy atom. The van der Waals surface area contributed by atoms with Gasteiger partial charge in [0.25, 0.3) is 0 Å². The van der Waals surface area contributed by atoms with Gasteiger partial charge in [0.15, 0.2) is 0 Å². The van der Waals surface area contributed by atoms with E-state index in [2.05, 4.69) is 47.4 Å². The summed E-state index contributed by atoms with van der Waals surface area (Å²) in [4.78, 5) is 2.42. The quantitative estimate of drug-likeness (QED) is 0.705. The van der Waals surface area contributed by atoms with Crippen LogP contribution in [0.25, 0.3) is 0 Å². The summed E-state index contributed by atoms with van der Waals surface area (Å²) >= 11 is 0. The Morgan fingerprint density at radius 2 is 1.93 bits per heavy atom. The number of hydrogen-bond donors (Lipinski definition) is 0. The van der Waals surface area contributed by atoms with Gasteiger partial charge < -0.3 is 9.47 Å².